The first-order chi connectivity index (χ1) is 12.9. The zero-order valence-corrected chi connectivity index (χ0v) is 16.9. The first kappa shape index (κ1) is 18.1. The fourth-order valence-corrected chi connectivity index (χ4v) is 4.51. The van der Waals surface area contributed by atoms with Gasteiger partial charge in [-0.05, 0) is 23.7 Å². The average molecular weight is 385 g/mol. The van der Waals surface area contributed by atoms with E-state index in [0.717, 1.165) is 34.8 Å². The van der Waals surface area contributed by atoms with E-state index in [1.54, 1.807) is 18.9 Å². The average Bonchev–Trinajstić information content (AvgIpc) is 3.01. The summed E-state index contributed by atoms with van der Waals surface area (Å²) < 4.78 is 7.44. The van der Waals surface area contributed by atoms with Crippen LogP contribution in [0.25, 0.3) is 0 Å². The Morgan fingerprint density at radius 1 is 1.33 bits per heavy atom. The highest BCUT2D eigenvalue weighted by Gasteiger charge is 2.42. The monoisotopic (exact) mass is 384 g/mol. The molecule has 0 radical (unpaired) electrons. The number of hydrogen-bond acceptors (Lipinski definition) is 6. The molecule has 2 heterocycles. The third-order valence-electron chi connectivity index (χ3n) is 5.02. The molecule has 0 amide bonds. The van der Waals surface area contributed by atoms with E-state index in [1.807, 2.05) is 28.9 Å². The summed E-state index contributed by atoms with van der Waals surface area (Å²) >= 11 is 1.59. The molecule has 4 rings (SSSR count). The summed E-state index contributed by atoms with van der Waals surface area (Å²) in [5, 5.41) is 8.81. The Morgan fingerprint density at radius 3 is 2.85 bits per heavy atom. The highest BCUT2D eigenvalue weighted by Crippen LogP contribution is 2.47. The lowest BCUT2D eigenvalue weighted by Gasteiger charge is -2.38. The number of nitrogens with zero attached hydrogens (tertiary/aromatic N) is 3. The van der Waals surface area contributed by atoms with Crippen LogP contribution in [0, 0.1) is 5.41 Å². The van der Waals surface area contributed by atoms with Gasteiger partial charge in [-0.2, -0.15) is 4.98 Å². The summed E-state index contributed by atoms with van der Waals surface area (Å²) in [7, 11) is 1.65. The van der Waals surface area contributed by atoms with Crippen LogP contribution in [0.15, 0.2) is 40.7 Å². The van der Waals surface area contributed by atoms with Gasteiger partial charge in [-0.3, -0.25) is 4.79 Å². The number of allylic oxidation sites excluding steroid dienone is 2. The maximum absolute atomic E-state index is 13.2. The van der Waals surface area contributed by atoms with Crippen molar-refractivity contribution >= 4 is 23.5 Å². The number of methoxy groups -OCH3 is 1. The molecule has 1 N–H and O–H groups in total. The predicted molar refractivity (Wildman–Crippen MR) is 106 cm³/mol. The van der Waals surface area contributed by atoms with Gasteiger partial charge < -0.3 is 10.1 Å². The summed E-state index contributed by atoms with van der Waals surface area (Å²) in [5.41, 5.74) is 2.60. The number of para-hydroxylation sites is 1. The van der Waals surface area contributed by atoms with E-state index in [4.69, 9.17) is 9.84 Å². The minimum Gasteiger partial charge on any atom is -0.496 e. The molecule has 7 heteroatoms. The van der Waals surface area contributed by atoms with Crippen LogP contribution in [0.3, 0.4) is 0 Å². The van der Waals surface area contributed by atoms with Crippen LogP contribution in [0.2, 0.25) is 0 Å². The van der Waals surface area contributed by atoms with Gasteiger partial charge in [0.15, 0.2) is 5.78 Å². The lowest BCUT2D eigenvalue weighted by atomic mass is 9.73. The molecule has 1 aromatic heterocycles. The van der Waals surface area contributed by atoms with E-state index in [-0.39, 0.29) is 17.2 Å². The maximum atomic E-state index is 13.2. The summed E-state index contributed by atoms with van der Waals surface area (Å²) in [6.45, 7) is 6.34. The highest BCUT2D eigenvalue weighted by atomic mass is 32.2. The molecule has 1 aliphatic heterocycles. The van der Waals surface area contributed by atoms with Crippen molar-refractivity contribution in [3.05, 3.63) is 41.1 Å². The first-order valence-corrected chi connectivity index (χ1v) is 10.2. The van der Waals surface area contributed by atoms with Crippen molar-refractivity contribution in [2.24, 2.45) is 5.41 Å². The van der Waals surface area contributed by atoms with Crippen molar-refractivity contribution in [2.45, 2.75) is 44.8 Å². The first-order valence-electron chi connectivity index (χ1n) is 9.19. The van der Waals surface area contributed by atoms with Crippen molar-refractivity contribution in [3.63, 3.8) is 0 Å². The van der Waals surface area contributed by atoms with Crippen molar-refractivity contribution in [1.82, 2.24) is 14.8 Å². The van der Waals surface area contributed by atoms with Gasteiger partial charge in [-0.15, -0.1) is 5.10 Å². The molecule has 1 aromatic carbocycles. The van der Waals surface area contributed by atoms with Crippen LogP contribution in [0.1, 0.15) is 45.2 Å². The van der Waals surface area contributed by atoms with Crippen molar-refractivity contribution in [2.75, 3.05) is 18.2 Å². The van der Waals surface area contributed by atoms with Crippen LogP contribution in [-0.2, 0) is 4.79 Å². The van der Waals surface area contributed by atoms with Gasteiger partial charge in [-0.1, -0.05) is 50.7 Å². The van der Waals surface area contributed by atoms with Gasteiger partial charge in [0.2, 0.25) is 11.1 Å². The lowest BCUT2D eigenvalue weighted by molar-refractivity contribution is -0.118. The van der Waals surface area contributed by atoms with Gasteiger partial charge in [0.05, 0.1) is 7.11 Å². The Hall–Kier alpha value is -2.28. The molecule has 0 saturated carbocycles. The summed E-state index contributed by atoms with van der Waals surface area (Å²) in [6.07, 6.45) is 1.34. The molecule has 1 atom stereocenters. The number of rotatable bonds is 4. The second kappa shape index (κ2) is 6.71. The number of ketones is 1. The van der Waals surface area contributed by atoms with Crippen LogP contribution in [0.5, 0.6) is 5.75 Å². The highest BCUT2D eigenvalue weighted by molar-refractivity contribution is 7.99. The molecule has 0 fully saturated rings. The number of nitrogens with one attached hydrogen (secondary N) is 1. The van der Waals surface area contributed by atoms with Crippen LogP contribution >= 0.6 is 11.8 Å². The minimum atomic E-state index is -0.324. The number of Topliss-reactive ketones (excluding diaryl/α,β-unsaturated/α-hetero) is 1. The second-order valence-corrected chi connectivity index (χ2v) is 8.93. The smallest absolute Gasteiger partial charge is 0.227 e. The molecule has 0 bridgehead atoms. The SMILES string of the molecule is CCSc1nc2n(n1)C(c1ccccc1OC)C1=C(CC(C)(C)CC1=O)N2. The molecule has 6 nitrogen and oxygen atoms in total. The Bertz CT molecular complexity index is 932. The van der Waals surface area contributed by atoms with E-state index in [0.29, 0.717) is 17.5 Å². The standard InChI is InChI=1S/C20H24N4O2S/c1-5-27-19-22-18-21-13-10-20(2,3)11-14(25)16(13)17(24(18)23-19)12-8-6-7-9-15(12)26-4/h6-9,17H,5,10-11H2,1-4H3,(H,21,22,23). The number of hydrogen-bond donors (Lipinski definition) is 1. The van der Waals surface area contributed by atoms with Gasteiger partial charge in [0.25, 0.3) is 0 Å². The molecule has 1 aliphatic carbocycles. The summed E-state index contributed by atoms with van der Waals surface area (Å²) in [4.78, 5) is 17.8. The van der Waals surface area contributed by atoms with Crippen molar-refractivity contribution < 1.29 is 9.53 Å². The van der Waals surface area contributed by atoms with Crippen molar-refractivity contribution in [3.8, 4) is 5.75 Å². The predicted octanol–water partition coefficient (Wildman–Crippen LogP) is 4.06. The fourth-order valence-electron chi connectivity index (χ4n) is 3.96. The van der Waals surface area contributed by atoms with E-state index in [2.05, 4.69) is 31.1 Å². The van der Waals surface area contributed by atoms with Crippen molar-refractivity contribution in [1.29, 1.82) is 0 Å². The van der Waals surface area contributed by atoms with Gasteiger partial charge in [0.1, 0.15) is 11.8 Å². The molecule has 1 unspecified atom stereocenters. The van der Waals surface area contributed by atoms with E-state index < -0.39 is 0 Å². The van der Waals surface area contributed by atoms with Gasteiger partial charge in [-0.25, -0.2) is 4.68 Å². The van der Waals surface area contributed by atoms with E-state index in [1.165, 1.54) is 0 Å². The van der Waals surface area contributed by atoms with Gasteiger partial charge >= 0.3 is 0 Å². The number of benzene rings is 1. The van der Waals surface area contributed by atoms with E-state index in [9.17, 15) is 4.79 Å². The van der Waals surface area contributed by atoms with Crippen LogP contribution in [-0.4, -0.2) is 33.4 Å². The molecule has 2 aromatic rings. The number of fused-ring (bicyclic) bond motifs is 1. The normalized spacial score (nSPS) is 20.7. The number of thioether (sulfide) groups is 1. The maximum Gasteiger partial charge on any atom is 0.227 e. The third kappa shape index (κ3) is 3.14. The second-order valence-electron chi connectivity index (χ2n) is 7.70. The van der Waals surface area contributed by atoms with Gasteiger partial charge in [0, 0.05) is 23.3 Å². The number of anilines is 1. The zero-order valence-electron chi connectivity index (χ0n) is 16.1. The molecule has 27 heavy (non-hydrogen) atoms. The summed E-state index contributed by atoms with van der Waals surface area (Å²) in [5.74, 6) is 2.49. The molecule has 2 aliphatic rings. The van der Waals surface area contributed by atoms with Crippen LogP contribution in [0.4, 0.5) is 5.95 Å². The Morgan fingerprint density at radius 2 is 2.11 bits per heavy atom. The topological polar surface area (TPSA) is 69.0 Å². The number of carbonyl (C=O) groups is 1. The number of carbonyl (C=O) groups excluding carboxylic acids is 1. The summed E-state index contributed by atoms with van der Waals surface area (Å²) in [6, 6.07) is 7.51. The Kier molecular flexibility index (Phi) is 4.50. The number of ether oxygens (including phenoxy) is 1. The third-order valence-corrected chi connectivity index (χ3v) is 5.74. The fraction of sp³-hybridized carbons (Fsp3) is 0.450. The minimum absolute atomic E-state index is 0.0720. The molecule has 0 spiro atoms. The van der Waals surface area contributed by atoms with Crippen LogP contribution < -0.4 is 10.1 Å². The molecule has 0 saturated heterocycles. The number of aromatic nitrogens is 3. The Labute approximate surface area is 163 Å². The quantitative estimate of drug-likeness (QED) is 0.802. The zero-order chi connectivity index (χ0) is 19.2. The van der Waals surface area contributed by atoms with E-state index >= 15 is 0 Å². The molecular weight excluding hydrogens is 360 g/mol. The lowest BCUT2D eigenvalue weighted by Crippen LogP contribution is -2.36. The molecular formula is C20H24N4O2S. The largest absolute Gasteiger partial charge is 0.496 e. The Balaban J connectivity index is 1.92. The molecule has 142 valence electrons.